The molecule has 0 N–H and O–H groups in total. The van der Waals surface area contributed by atoms with Crippen molar-refractivity contribution in [2.24, 2.45) is 17.3 Å². The first-order valence-corrected chi connectivity index (χ1v) is 5.26. The van der Waals surface area contributed by atoms with E-state index >= 15 is 0 Å². The summed E-state index contributed by atoms with van der Waals surface area (Å²) in [4.78, 5) is 11.2. The molecule has 0 aromatic rings. The first kappa shape index (κ1) is 8.28. The van der Waals surface area contributed by atoms with E-state index in [-0.39, 0.29) is 5.41 Å². The zero-order valence-corrected chi connectivity index (χ0v) is 7.88. The van der Waals surface area contributed by atoms with E-state index < -0.39 is 0 Å². The molecular formula is C11H18O. The highest BCUT2D eigenvalue weighted by Gasteiger charge is 2.48. The topological polar surface area (TPSA) is 17.1 Å². The lowest BCUT2D eigenvalue weighted by Crippen LogP contribution is -2.35. The summed E-state index contributed by atoms with van der Waals surface area (Å²) in [7, 11) is 0. The maximum atomic E-state index is 11.2. The summed E-state index contributed by atoms with van der Waals surface area (Å²) in [6.07, 6.45) is 8.98. The Morgan fingerprint density at radius 1 is 1.25 bits per heavy atom. The highest BCUT2D eigenvalue weighted by Crippen LogP contribution is 2.54. The third-order valence-corrected chi connectivity index (χ3v) is 4.26. The molecular weight excluding hydrogens is 148 g/mol. The van der Waals surface area contributed by atoms with E-state index in [9.17, 15) is 4.79 Å². The van der Waals surface area contributed by atoms with Crippen LogP contribution in [0.2, 0.25) is 0 Å². The van der Waals surface area contributed by atoms with Crippen molar-refractivity contribution in [2.45, 2.75) is 45.4 Å². The number of carbonyl (C=O) groups is 1. The van der Waals surface area contributed by atoms with Gasteiger partial charge in [-0.25, -0.2) is 0 Å². The standard InChI is InChI=1S/C11H18O/c1-9-5-6-10-4-2-3-7-11(9,10)8-12/h8-10H,2-7H2,1H3/t9-,10-,11-/m0/s1. The molecule has 0 saturated heterocycles. The van der Waals surface area contributed by atoms with Gasteiger partial charge < -0.3 is 4.79 Å². The molecule has 1 nitrogen and oxygen atoms in total. The summed E-state index contributed by atoms with van der Waals surface area (Å²) in [5.74, 6) is 1.39. The molecule has 0 spiro atoms. The van der Waals surface area contributed by atoms with Gasteiger partial charge >= 0.3 is 0 Å². The second-order valence-corrected chi connectivity index (χ2v) is 4.65. The molecule has 1 heteroatoms. The third-order valence-electron chi connectivity index (χ3n) is 4.26. The summed E-state index contributed by atoms with van der Waals surface area (Å²) in [5, 5.41) is 0. The Morgan fingerprint density at radius 2 is 2.08 bits per heavy atom. The van der Waals surface area contributed by atoms with Gasteiger partial charge in [-0.1, -0.05) is 19.8 Å². The van der Waals surface area contributed by atoms with Gasteiger partial charge in [-0.15, -0.1) is 0 Å². The Bertz CT molecular complexity index is 185. The first-order chi connectivity index (χ1) is 5.79. The lowest BCUT2D eigenvalue weighted by Gasteiger charge is -2.37. The van der Waals surface area contributed by atoms with Crippen LogP contribution in [0.3, 0.4) is 0 Å². The number of hydrogen-bond acceptors (Lipinski definition) is 1. The minimum atomic E-state index is 0.109. The molecule has 2 fully saturated rings. The second-order valence-electron chi connectivity index (χ2n) is 4.65. The molecule has 0 aromatic heterocycles. The lowest BCUT2D eigenvalue weighted by atomic mass is 9.65. The van der Waals surface area contributed by atoms with E-state index in [0.29, 0.717) is 5.92 Å². The van der Waals surface area contributed by atoms with Crippen molar-refractivity contribution < 1.29 is 4.79 Å². The van der Waals surface area contributed by atoms with Crippen LogP contribution in [0.5, 0.6) is 0 Å². The van der Waals surface area contributed by atoms with Crippen LogP contribution < -0.4 is 0 Å². The molecule has 0 radical (unpaired) electrons. The van der Waals surface area contributed by atoms with Crippen molar-refractivity contribution in [1.29, 1.82) is 0 Å². The van der Waals surface area contributed by atoms with Crippen molar-refractivity contribution >= 4 is 6.29 Å². The van der Waals surface area contributed by atoms with Gasteiger partial charge in [0.25, 0.3) is 0 Å². The fourth-order valence-electron chi connectivity index (χ4n) is 3.35. The molecule has 0 aromatic carbocycles. The largest absolute Gasteiger partial charge is 0.303 e. The summed E-state index contributed by atoms with van der Waals surface area (Å²) >= 11 is 0. The van der Waals surface area contributed by atoms with E-state index in [0.717, 1.165) is 5.92 Å². The average molecular weight is 166 g/mol. The second kappa shape index (κ2) is 2.86. The zero-order valence-electron chi connectivity index (χ0n) is 7.88. The Hall–Kier alpha value is -0.330. The van der Waals surface area contributed by atoms with E-state index in [2.05, 4.69) is 6.92 Å². The average Bonchev–Trinajstić information content (AvgIpc) is 2.45. The predicted molar refractivity (Wildman–Crippen MR) is 48.9 cm³/mol. The number of carbonyl (C=O) groups excluding carboxylic acids is 1. The molecule has 0 heterocycles. The van der Waals surface area contributed by atoms with Gasteiger partial charge in [0.1, 0.15) is 6.29 Å². The van der Waals surface area contributed by atoms with Gasteiger partial charge in [0.05, 0.1) is 0 Å². The molecule has 68 valence electrons. The van der Waals surface area contributed by atoms with Crippen LogP contribution in [-0.2, 0) is 4.79 Å². The monoisotopic (exact) mass is 166 g/mol. The minimum absolute atomic E-state index is 0.109. The van der Waals surface area contributed by atoms with E-state index in [1.165, 1.54) is 44.8 Å². The molecule has 12 heavy (non-hydrogen) atoms. The summed E-state index contributed by atoms with van der Waals surface area (Å²) in [6.45, 7) is 2.26. The van der Waals surface area contributed by atoms with Gasteiger partial charge in [0.15, 0.2) is 0 Å². The Labute approximate surface area is 74.5 Å². The summed E-state index contributed by atoms with van der Waals surface area (Å²) in [5.41, 5.74) is 0.109. The Kier molecular flexibility index (Phi) is 1.97. The van der Waals surface area contributed by atoms with Crippen LogP contribution in [0.25, 0.3) is 0 Å². The fourth-order valence-corrected chi connectivity index (χ4v) is 3.35. The maximum Gasteiger partial charge on any atom is 0.126 e. The number of rotatable bonds is 1. The maximum absolute atomic E-state index is 11.2. The van der Waals surface area contributed by atoms with E-state index in [1.54, 1.807) is 0 Å². The molecule has 2 saturated carbocycles. The van der Waals surface area contributed by atoms with Gasteiger partial charge in [-0.3, -0.25) is 0 Å². The fraction of sp³-hybridized carbons (Fsp3) is 0.909. The van der Waals surface area contributed by atoms with Crippen molar-refractivity contribution in [2.75, 3.05) is 0 Å². The predicted octanol–water partition coefficient (Wildman–Crippen LogP) is 2.79. The Balaban J connectivity index is 2.24. The molecule has 0 unspecified atom stereocenters. The molecule has 3 atom stereocenters. The smallest absolute Gasteiger partial charge is 0.126 e. The quantitative estimate of drug-likeness (QED) is 0.547. The van der Waals surface area contributed by atoms with Gasteiger partial charge in [-0.2, -0.15) is 0 Å². The summed E-state index contributed by atoms with van der Waals surface area (Å²) < 4.78 is 0. The van der Waals surface area contributed by atoms with Crippen LogP contribution in [0.4, 0.5) is 0 Å². The highest BCUT2D eigenvalue weighted by molar-refractivity contribution is 5.61. The van der Waals surface area contributed by atoms with Crippen LogP contribution in [0.1, 0.15) is 45.4 Å². The van der Waals surface area contributed by atoms with Gasteiger partial charge in [0.2, 0.25) is 0 Å². The SMILES string of the molecule is C[C@H]1CC[C@@H]2CCCC[C@@]21C=O. The molecule has 0 amide bonds. The van der Waals surface area contributed by atoms with Crippen molar-refractivity contribution in [1.82, 2.24) is 0 Å². The molecule has 2 aliphatic carbocycles. The van der Waals surface area contributed by atoms with Crippen molar-refractivity contribution in [3.63, 3.8) is 0 Å². The third kappa shape index (κ3) is 0.949. The minimum Gasteiger partial charge on any atom is -0.303 e. The molecule has 0 aliphatic heterocycles. The van der Waals surface area contributed by atoms with Crippen LogP contribution >= 0.6 is 0 Å². The highest BCUT2D eigenvalue weighted by atomic mass is 16.1. The van der Waals surface area contributed by atoms with Crippen LogP contribution in [0.15, 0.2) is 0 Å². The molecule has 0 bridgehead atoms. The van der Waals surface area contributed by atoms with Gasteiger partial charge in [-0.05, 0) is 37.5 Å². The van der Waals surface area contributed by atoms with Crippen molar-refractivity contribution in [3.05, 3.63) is 0 Å². The molecule has 2 rings (SSSR count). The van der Waals surface area contributed by atoms with E-state index in [1.807, 2.05) is 0 Å². The van der Waals surface area contributed by atoms with Crippen LogP contribution in [0, 0.1) is 17.3 Å². The molecule has 2 aliphatic rings. The summed E-state index contributed by atoms with van der Waals surface area (Å²) in [6, 6.07) is 0. The normalized spacial score (nSPS) is 47.1. The van der Waals surface area contributed by atoms with Gasteiger partial charge in [0, 0.05) is 5.41 Å². The zero-order chi connectivity index (χ0) is 8.60. The number of aldehydes is 1. The number of fused-ring (bicyclic) bond motifs is 1. The van der Waals surface area contributed by atoms with Crippen LogP contribution in [-0.4, -0.2) is 6.29 Å². The number of hydrogen-bond donors (Lipinski definition) is 0. The van der Waals surface area contributed by atoms with E-state index in [4.69, 9.17) is 0 Å². The lowest BCUT2D eigenvalue weighted by molar-refractivity contribution is -0.122. The van der Waals surface area contributed by atoms with Crippen molar-refractivity contribution in [3.8, 4) is 0 Å². The Morgan fingerprint density at radius 3 is 2.75 bits per heavy atom. The first-order valence-electron chi connectivity index (χ1n) is 5.26.